The first-order valence-electron chi connectivity index (χ1n) is 12.0. The summed E-state index contributed by atoms with van der Waals surface area (Å²) in [5.41, 5.74) is 5.37. The number of nitrogens with one attached hydrogen (secondary N) is 1. The fourth-order valence-corrected chi connectivity index (χ4v) is 3.89. The molecule has 1 aromatic heterocycles. The van der Waals surface area contributed by atoms with Gasteiger partial charge in [0.05, 0.1) is 6.20 Å². The number of pyridine rings is 1. The standard InChI is InChI=1S/C27H28F2N6O5/c1-27(2,26(37)38)35(4)15-6-8-19(16(12-15)24-32-9-10-34(24)3)39-22-17(28)13-33-25(21(22)29)40-20-11-14(23(30)31)5-7-18(20)36/h5-9,11-13,24,36H,10H2,1-4H3,(H3,30,31)(H,37,38). The molecule has 3 aromatic rings. The van der Waals surface area contributed by atoms with Crippen molar-refractivity contribution < 1.29 is 33.3 Å². The van der Waals surface area contributed by atoms with Crippen molar-refractivity contribution >= 4 is 23.7 Å². The van der Waals surface area contributed by atoms with E-state index in [0.29, 0.717) is 24.0 Å². The van der Waals surface area contributed by atoms with Crippen molar-refractivity contribution in [1.29, 1.82) is 5.41 Å². The Morgan fingerprint density at radius 3 is 2.55 bits per heavy atom. The van der Waals surface area contributed by atoms with Gasteiger partial charge in [-0.05, 0) is 57.3 Å². The SMILES string of the molecule is CN1CC=NC1c1cc(N(C)C(C)(C)C(=O)O)ccc1Oc1c(F)cnc(Oc2cc(C(=N)N)ccc2O)c1F. The van der Waals surface area contributed by atoms with Gasteiger partial charge in [-0.3, -0.25) is 15.3 Å². The van der Waals surface area contributed by atoms with Crippen molar-refractivity contribution in [3.63, 3.8) is 0 Å². The number of ether oxygens (including phenoxy) is 2. The van der Waals surface area contributed by atoms with Crippen LogP contribution in [0.25, 0.3) is 0 Å². The number of phenols is 1. The van der Waals surface area contributed by atoms with Crippen LogP contribution < -0.4 is 20.1 Å². The van der Waals surface area contributed by atoms with Crippen LogP contribution in [-0.4, -0.2) is 64.3 Å². The third-order valence-electron chi connectivity index (χ3n) is 6.64. The number of halogens is 2. The van der Waals surface area contributed by atoms with Gasteiger partial charge in [-0.25, -0.2) is 14.2 Å². The van der Waals surface area contributed by atoms with Gasteiger partial charge in [-0.2, -0.15) is 4.39 Å². The van der Waals surface area contributed by atoms with Crippen molar-refractivity contribution in [3.05, 3.63) is 65.4 Å². The van der Waals surface area contributed by atoms with E-state index in [2.05, 4.69) is 9.98 Å². The zero-order chi connectivity index (χ0) is 29.4. The Morgan fingerprint density at radius 2 is 1.93 bits per heavy atom. The van der Waals surface area contributed by atoms with E-state index in [-0.39, 0.29) is 28.6 Å². The number of nitrogen functional groups attached to an aromatic ring is 1. The van der Waals surface area contributed by atoms with Crippen LogP contribution in [0.1, 0.15) is 31.1 Å². The van der Waals surface area contributed by atoms with Gasteiger partial charge < -0.3 is 30.3 Å². The average molecular weight is 555 g/mol. The maximum absolute atomic E-state index is 15.5. The zero-order valence-corrected chi connectivity index (χ0v) is 22.1. The molecule has 0 bridgehead atoms. The van der Waals surface area contributed by atoms with Gasteiger partial charge >= 0.3 is 5.97 Å². The Morgan fingerprint density at radius 1 is 1.20 bits per heavy atom. The first kappa shape index (κ1) is 28.2. The Labute approximate surface area is 228 Å². The Balaban J connectivity index is 1.75. The molecule has 0 saturated heterocycles. The molecule has 2 aromatic carbocycles. The maximum Gasteiger partial charge on any atom is 0.328 e. The van der Waals surface area contributed by atoms with Crippen molar-refractivity contribution in [3.8, 4) is 28.9 Å². The maximum atomic E-state index is 15.5. The second-order valence-electron chi connectivity index (χ2n) is 9.64. The molecule has 1 aliphatic rings. The highest BCUT2D eigenvalue weighted by atomic mass is 19.1. The summed E-state index contributed by atoms with van der Waals surface area (Å²) in [5.74, 6) is -5.83. The summed E-state index contributed by atoms with van der Waals surface area (Å²) in [5, 5.41) is 27.3. The smallest absolute Gasteiger partial charge is 0.328 e. The molecule has 0 fully saturated rings. The number of aromatic hydroxyl groups is 1. The van der Waals surface area contributed by atoms with E-state index in [4.69, 9.17) is 20.6 Å². The van der Waals surface area contributed by atoms with E-state index < -0.39 is 40.9 Å². The normalized spacial score (nSPS) is 15.2. The van der Waals surface area contributed by atoms with Gasteiger partial charge in [-0.15, -0.1) is 0 Å². The van der Waals surface area contributed by atoms with Crippen LogP contribution >= 0.6 is 0 Å². The summed E-state index contributed by atoms with van der Waals surface area (Å²) in [6, 6.07) is 8.49. The molecule has 13 heteroatoms. The summed E-state index contributed by atoms with van der Waals surface area (Å²) < 4.78 is 41.5. The highest BCUT2D eigenvalue weighted by molar-refractivity contribution is 5.95. The van der Waals surface area contributed by atoms with Crippen LogP contribution in [0.15, 0.2) is 47.6 Å². The molecular weight excluding hydrogens is 526 g/mol. The molecule has 1 unspecified atom stereocenters. The quantitative estimate of drug-likeness (QED) is 0.224. The summed E-state index contributed by atoms with van der Waals surface area (Å²) >= 11 is 0. The Bertz CT molecular complexity index is 1510. The molecule has 0 saturated carbocycles. The number of carboxylic acid groups (broad SMARTS) is 1. The number of hydrogen-bond acceptors (Lipinski definition) is 9. The number of hydrogen-bond donors (Lipinski definition) is 4. The topological polar surface area (TPSA) is 158 Å². The van der Waals surface area contributed by atoms with Crippen LogP contribution in [0.3, 0.4) is 0 Å². The lowest BCUT2D eigenvalue weighted by atomic mass is 10.0. The highest BCUT2D eigenvalue weighted by Gasteiger charge is 2.34. The predicted molar refractivity (Wildman–Crippen MR) is 144 cm³/mol. The molecule has 5 N–H and O–H groups in total. The van der Waals surface area contributed by atoms with E-state index in [0.717, 1.165) is 0 Å². The molecule has 0 radical (unpaired) electrons. The number of nitrogens with zero attached hydrogens (tertiary/aromatic N) is 4. The number of aromatic nitrogens is 1. The molecule has 0 amide bonds. The second kappa shape index (κ2) is 10.8. The lowest BCUT2D eigenvalue weighted by Gasteiger charge is -2.34. The van der Waals surface area contributed by atoms with E-state index in [1.54, 1.807) is 51.2 Å². The zero-order valence-electron chi connectivity index (χ0n) is 22.1. The molecule has 11 nitrogen and oxygen atoms in total. The van der Waals surface area contributed by atoms with Crippen molar-refractivity contribution in [1.82, 2.24) is 9.88 Å². The van der Waals surface area contributed by atoms with Gasteiger partial charge in [0.25, 0.3) is 5.88 Å². The molecule has 0 spiro atoms. The highest BCUT2D eigenvalue weighted by Crippen LogP contribution is 2.41. The number of amidine groups is 1. The van der Waals surface area contributed by atoms with Gasteiger partial charge in [-0.1, -0.05) is 0 Å². The van der Waals surface area contributed by atoms with Crippen LogP contribution in [0.5, 0.6) is 28.9 Å². The molecule has 4 rings (SSSR count). The number of carboxylic acids is 1. The van der Waals surface area contributed by atoms with Crippen LogP contribution in [0.4, 0.5) is 14.5 Å². The number of likely N-dealkylation sites (N-methyl/N-ethyl adjacent to an activating group) is 1. The molecule has 2 heterocycles. The molecule has 210 valence electrons. The van der Waals surface area contributed by atoms with E-state index in [1.165, 1.54) is 24.3 Å². The largest absolute Gasteiger partial charge is 0.504 e. The minimum absolute atomic E-state index is 0.0672. The third kappa shape index (κ3) is 5.36. The number of anilines is 1. The van der Waals surface area contributed by atoms with Gasteiger partial charge in [0.15, 0.2) is 17.3 Å². The van der Waals surface area contributed by atoms with Gasteiger partial charge in [0.2, 0.25) is 11.6 Å². The van der Waals surface area contributed by atoms with Crippen molar-refractivity contribution in [2.24, 2.45) is 10.7 Å². The van der Waals surface area contributed by atoms with Crippen LogP contribution in [-0.2, 0) is 4.79 Å². The average Bonchev–Trinajstić information content (AvgIpc) is 3.34. The Hall–Kier alpha value is -4.78. The fourth-order valence-electron chi connectivity index (χ4n) is 3.89. The monoisotopic (exact) mass is 554 g/mol. The van der Waals surface area contributed by atoms with E-state index >= 15 is 4.39 Å². The number of aliphatic carboxylic acids is 1. The Kier molecular flexibility index (Phi) is 7.60. The predicted octanol–water partition coefficient (Wildman–Crippen LogP) is 4.25. The molecule has 40 heavy (non-hydrogen) atoms. The van der Waals surface area contributed by atoms with Crippen molar-refractivity contribution in [2.75, 3.05) is 25.5 Å². The van der Waals surface area contributed by atoms with Crippen LogP contribution in [0, 0.1) is 17.0 Å². The number of aliphatic imine (C=N–C) groups is 1. The summed E-state index contributed by atoms with van der Waals surface area (Å²) in [6.07, 6.45) is 1.83. The summed E-state index contributed by atoms with van der Waals surface area (Å²) in [4.78, 5) is 23.3. The van der Waals surface area contributed by atoms with Gasteiger partial charge in [0, 0.05) is 36.6 Å². The number of rotatable bonds is 9. The number of phenolic OH excluding ortho intramolecular Hbond substituents is 1. The number of nitrogens with two attached hydrogens (primary N) is 1. The molecule has 1 atom stereocenters. The number of benzene rings is 2. The molecule has 1 aliphatic heterocycles. The third-order valence-corrected chi connectivity index (χ3v) is 6.64. The molecule has 0 aliphatic carbocycles. The van der Waals surface area contributed by atoms with E-state index in [9.17, 15) is 19.4 Å². The summed E-state index contributed by atoms with van der Waals surface area (Å²) in [7, 11) is 3.43. The van der Waals surface area contributed by atoms with Gasteiger partial charge in [0.1, 0.15) is 23.3 Å². The first-order valence-corrected chi connectivity index (χ1v) is 12.0. The minimum Gasteiger partial charge on any atom is -0.504 e. The summed E-state index contributed by atoms with van der Waals surface area (Å²) in [6.45, 7) is 3.61. The second-order valence-corrected chi connectivity index (χ2v) is 9.64. The lowest BCUT2D eigenvalue weighted by Crippen LogP contribution is -2.48. The van der Waals surface area contributed by atoms with E-state index in [1.807, 2.05) is 4.90 Å². The van der Waals surface area contributed by atoms with Crippen LogP contribution in [0.2, 0.25) is 0 Å². The minimum atomic E-state index is -1.28. The van der Waals surface area contributed by atoms with Crippen molar-refractivity contribution in [2.45, 2.75) is 25.6 Å². The fraction of sp³-hybridized carbons (Fsp3) is 0.259. The molecular formula is C27H28F2N6O5. The number of carbonyl (C=O) groups is 1. The first-order chi connectivity index (χ1) is 18.8. The lowest BCUT2D eigenvalue weighted by molar-refractivity contribution is -0.142.